The lowest BCUT2D eigenvalue weighted by Gasteiger charge is -2.34. The van der Waals surface area contributed by atoms with Crippen molar-refractivity contribution in [2.75, 3.05) is 23.3 Å². The molecule has 6 nitrogen and oxygen atoms in total. The van der Waals surface area contributed by atoms with Crippen molar-refractivity contribution in [3.63, 3.8) is 0 Å². The van der Waals surface area contributed by atoms with E-state index in [9.17, 15) is 0 Å². The molecule has 1 saturated heterocycles. The van der Waals surface area contributed by atoms with Gasteiger partial charge in [0.1, 0.15) is 12.1 Å². The average Bonchev–Trinajstić information content (AvgIpc) is 2.86. The van der Waals surface area contributed by atoms with Gasteiger partial charge in [0.25, 0.3) is 0 Å². The summed E-state index contributed by atoms with van der Waals surface area (Å²) < 4.78 is 1.85. The van der Waals surface area contributed by atoms with Crippen LogP contribution in [0, 0.1) is 6.92 Å². The van der Waals surface area contributed by atoms with Crippen LogP contribution in [-0.4, -0.2) is 38.9 Å². The highest BCUT2D eigenvalue weighted by Crippen LogP contribution is 2.20. The van der Waals surface area contributed by atoms with E-state index in [4.69, 9.17) is 0 Å². The predicted molar refractivity (Wildman–Crippen MR) is 78.8 cm³/mol. The largest absolute Gasteiger partial charge is 0.367 e. The maximum absolute atomic E-state index is 4.28. The van der Waals surface area contributed by atoms with Crippen molar-refractivity contribution in [1.29, 1.82) is 0 Å². The van der Waals surface area contributed by atoms with E-state index in [1.807, 2.05) is 30.9 Å². The van der Waals surface area contributed by atoms with Gasteiger partial charge in [-0.3, -0.25) is 4.68 Å². The average molecular weight is 272 g/mol. The Morgan fingerprint density at radius 2 is 2.25 bits per heavy atom. The lowest BCUT2D eigenvalue weighted by Crippen LogP contribution is -2.42. The molecule has 1 fully saturated rings. The Bertz CT molecular complexity index is 579. The van der Waals surface area contributed by atoms with Gasteiger partial charge in [0.2, 0.25) is 0 Å². The minimum absolute atomic E-state index is 0.415. The second-order valence-electron chi connectivity index (χ2n) is 5.35. The molecule has 1 aliphatic rings. The quantitative estimate of drug-likeness (QED) is 0.919. The molecule has 0 saturated carbocycles. The first-order valence-corrected chi connectivity index (χ1v) is 6.99. The Balaban J connectivity index is 1.66. The summed E-state index contributed by atoms with van der Waals surface area (Å²) in [7, 11) is 1.95. The van der Waals surface area contributed by atoms with Crippen LogP contribution in [0.15, 0.2) is 24.8 Å². The Labute approximate surface area is 118 Å². The maximum atomic E-state index is 4.28. The molecular formula is C14H20N6. The Kier molecular flexibility index (Phi) is 3.54. The van der Waals surface area contributed by atoms with Crippen molar-refractivity contribution in [3.05, 3.63) is 30.5 Å². The summed E-state index contributed by atoms with van der Waals surface area (Å²) in [5.74, 6) is 0.913. The molecule has 0 spiro atoms. The zero-order chi connectivity index (χ0) is 13.9. The number of anilines is 2. The van der Waals surface area contributed by atoms with Gasteiger partial charge in [0.15, 0.2) is 0 Å². The lowest BCUT2D eigenvalue weighted by atomic mass is 10.1. The number of nitrogens with one attached hydrogen (secondary N) is 1. The number of piperidine rings is 1. The summed E-state index contributed by atoms with van der Waals surface area (Å²) >= 11 is 0. The van der Waals surface area contributed by atoms with Gasteiger partial charge in [-0.2, -0.15) is 5.10 Å². The molecule has 3 rings (SSSR count). The van der Waals surface area contributed by atoms with E-state index in [0.29, 0.717) is 6.04 Å². The Morgan fingerprint density at radius 3 is 3.00 bits per heavy atom. The summed E-state index contributed by atoms with van der Waals surface area (Å²) in [5.41, 5.74) is 2.18. The molecule has 3 heterocycles. The SMILES string of the molecule is Cc1cc(NC2CCCN(c3cnn(C)c3)C2)ncn1. The first kappa shape index (κ1) is 12.9. The standard InChI is InChI=1S/C14H20N6/c1-11-6-14(16-10-15-11)18-12-4-3-5-20(8-12)13-7-17-19(2)9-13/h6-7,9-10,12H,3-5,8H2,1-2H3,(H,15,16,18). The molecule has 1 aliphatic heterocycles. The van der Waals surface area contributed by atoms with E-state index in [1.54, 1.807) is 6.33 Å². The smallest absolute Gasteiger partial charge is 0.129 e. The van der Waals surface area contributed by atoms with Gasteiger partial charge < -0.3 is 10.2 Å². The summed E-state index contributed by atoms with van der Waals surface area (Å²) in [4.78, 5) is 10.8. The molecule has 2 aromatic rings. The van der Waals surface area contributed by atoms with E-state index in [2.05, 4.69) is 31.5 Å². The van der Waals surface area contributed by atoms with Gasteiger partial charge in [0.05, 0.1) is 11.9 Å². The molecule has 20 heavy (non-hydrogen) atoms. The van der Waals surface area contributed by atoms with Gasteiger partial charge in [-0.15, -0.1) is 0 Å². The van der Waals surface area contributed by atoms with E-state index in [1.165, 1.54) is 18.5 Å². The van der Waals surface area contributed by atoms with Crippen LogP contribution in [0.4, 0.5) is 11.5 Å². The minimum Gasteiger partial charge on any atom is -0.367 e. The molecule has 106 valence electrons. The zero-order valence-electron chi connectivity index (χ0n) is 12.0. The fourth-order valence-corrected chi connectivity index (χ4v) is 2.64. The molecule has 0 aromatic carbocycles. The fraction of sp³-hybridized carbons (Fsp3) is 0.500. The third kappa shape index (κ3) is 2.89. The molecule has 6 heteroatoms. The summed E-state index contributed by atoms with van der Waals surface area (Å²) in [6.07, 6.45) is 7.95. The van der Waals surface area contributed by atoms with Crippen LogP contribution in [0.1, 0.15) is 18.5 Å². The van der Waals surface area contributed by atoms with E-state index in [-0.39, 0.29) is 0 Å². The maximum Gasteiger partial charge on any atom is 0.129 e. The van der Waals surface area contributed by atoms with Crippen molar-refractivity contribution in [2.45, 2.75) is 25.8 Å². The minimum atomic E-state index is 0.415. The monoisotopic (exact) mass is 272 g/mol. The van der Waals surface area contributed by atoms with Gasteiger partial charge in [-0.1, -0.05) is 0 Å². The summed E-state index contributed by atoms with van der Waals surface area (Å²) in [5, 5.41) is 7.75. The third-order valence-corrected chi connectivity index (χ3v) is 3.63. The van der Waals surface area contributed by atoms with Gasteiger partial charge in [-0.05, 0) is 19.8 Å². The van der Waals surface area contributed by atoms with Crippen molar-refractivity contribution < 1.29 is 0 Å². The molecule has 0 radical (unpaired) electrons. The number of rotatable bonds is 3. The fourth-order valence-electron chi connectivity index (χ4n) is 2.64. The number of aryl methyl sites for hydroxylation is 2. The van der Waals surface area contributed by atoms with Crippen molar-refractivity contribution in [3.8, 4) is 0 Å². The van der Waals surface area contributed by atoms with Crippen LogP contribution < -0.4 is 10.2 Å². The normalized spacial score (nSPS) is 19.1. The molecule has 2 aromatic heterocycles. The zero-order valence-corrected chi connectivity index (χ0v) is 12.0. The summed E-state index contributed by atoms with van der Waals surface area (Å²) in [6, 6.07) is 2.40. The lowest BCUT2D eigenvalue weighted by molar-refractivity contribution is 0.528. The van der Waals surface area contributed by atoms with Crippen molar-refractivity contribution in [2.24, 2.45) is 7.05 Å². The number of hydrogen-bond donors (Lipinski definition) is 1. The predicted octanol–water partition coefficient (Wildman–Crippen LogP) is 1.60. The molecule has 1 atom stereocenters. The Morgan fingerprint density at radius 1 is 1.35 bits per heavy atom. The van der Waals surface area contributed by atoms with Crippen molar-refractivity contribution in [1.82, 2.24) is 19.7 Å². The van der Waals surface area contributed by atoms with Crippen LogP contribution in [-0.2, 0) is 7.05 Å². The Hall–Kier alpha value is -2.11. The number of nitrogens with zero attached hydrogens (tertiary/aromatic N) is 5. The van der Waals surface area contributed by atoms with Gasteiger partial charge in [-0.25, -0.2) is 9.97 Å². The highest BCUT2D eigenvalue weighted by Gasteiger charge is 2.21. The van der Waals surface area contributed by atoms with Crippen LogP contribution in [0.3, 0.4) is 0 Å². The third-order valence-electron chi connectivity index (χ3n) is 3.63. The van der Waals surface area contributed by atoms with Crippen LogP contribution in [0.5, 0.6) is 0 Å². The molecule has 0 aliphatic carbocycles. The van der Waals surface area contributed by atoms with Gasteiger partial charge >= 0.3 is 0 Å². The number of aromatic nitrogens is 4. The second-order valence-corrected chi connectivity index (χ2v) is 5.35. The molecular weight excluding hydrogens is 252 g/mol. The molecule has 0 amide bonds. The van der Waals surface area contributed by atoms with E-state index >= 15 is 0 Å². The van der Waals surface area contributed by atoms with E-state index < -0.39 is 0 Å². The van der Waals surface area contributed by atoms with Crippen molar-refractivity contribution >= 4 is 11.5 Å². The second kappa shape index (κ2) is 5.48. The highest BCUT2D eigenvalue weighted by atomic mass is 15.3. The molecule has 0 bridgehead atoms. The summed E-state index contributed by atoms with van der Waals surface area (Å²) in [6.45, 7) is 4.05. The van der Waals surface area contributed by atoms with Gasteiger partial charge in [0, 0.05) is 44.1 Å². The number of hydrogen-bond acceptors (Lipinski definition) is 5. The first-order chi connectivity index (χ1) is 9.70. The first-order valence-electron chi connectivity index (χ1n) is 6.99. The topological polar surface area (TPSA) is 58.9 Å². The van der Waals surface area contributed by atoms with Crippen LogP contribution in [0.25, 0.3) is 0 Å². The van der Waals surface area contributed by atoms with E-state index in [0.717, 1.165) is 24.6 Å². The highest BCUT2D eigenvalue weighted by molar-refractivity contribution is 5.44. The van der Waals surface area contributed by atoms with Crippen LogP contribution >= 0.6 is 0 Å². The molecule has 1 N–H and O–H groups in total. The molecule has 1 unspecified atom stereocenters. The van der Waals surface area contributed by atoms with Crippen LogP contribution in [0.2, 0.25) is 0 Å².